The largest absolute Gasteiger partial charge is 0.337 e. The van der Waals surface area contributed by atoms with Gasteiger partial charge in [-0.25, -0.2) is 0 Å². The standard InChI is InChI=1S/C14H16Cl3NO/c1-18(13-5-3-2-4-12(13)17)14(19)9-6-10(15)8-11(16)7-9/h6-8,12-13H,2-5H2,1H3. The molecule has 0 bridgehead atoms. The Morgan fingerprint density at radius 2 is 1.74 bits per heavy atom. The quantitative estimate of drug-likeness (QED) is 0.728. The molecule has 0 aromatic heterocycles. The van der Waals surface area contributed by atoms with E-state index in [2.05, 4.69) is 0 Å². The van der Waals surface area contributed by atoms with Crippen LogP contribution in [0.3, 0.4) is 0 Å². The number of carbonyl (C=O) groups is 1. The van der Waals surface area contributed by atoms with Crippen molar-refractivity contribution in [2.75, 3.05) is 7.05 Å². The van der Waals surface area contributed by atoms with Gasteiger partial charge in [-0.05, 0) is 31.0 Å². The molecule has 104 valence electrons. The van der Waals surface area contributed by atoms with E-state index in [1.807, 2.05) is 0 Å². The minimum atomic E-state index is -0.0815. The van der Waals surface area contributed by atoms with Crippen LogP contribution in [0, 0.1) is 0 Å². The van der Waals surface area contributed by atoms with Crippen molar-refractivity contribution >= 4 is 40.7 Å². The van der Waals surface area contributed by atoms with E-state index >= 15 is 0 Å². The Kier molecular flexibility index (Phi) is 4.99. The number of alkyl halides is 1. The maximum atomic E-state index is 12.4. The number of nitrogens with zero attached hydrogens (tertiary/aromatic N) is 1. The Morgan fingerprint density at radius 1 is 1.16 bits per heavy atom. The van der Waals surface area contributed by atoms with Crippen LogP contribution in [0.4, 0.5) is 0 Å². The molecule has 0 saturated heterocycles. The highest BCUT2D eigenvalue weighted by atomic mass is 35.5. The number of rotatable bonds is 2. The van der Waals surface area contributed by atoms with E-state index in [1.165, 1.54) is 0 Å². The van der Waals surface area contributed by atoms with Gasteiger partial charge in [0.05, 0.1) is 5.38 Å². The molecule has 1 aromatic carbocycles. The minimum Gasteiger partial charge on any atom is -0.337 e. The van der Waals surface area contributed by atoms with Gasteiger partial charge in [-0.1, -0.05) is 36.0 Å². The Balaban J connectivity index is 2.18. The third kappa shape index (κ3) is 3.56. The Labute approximate surface area is 128 Å². The molecule has 1 aliphatic carbocycles. The van der Waals surface area contributed by atoms with Gasteiger partial charge in [0.15, 0.2) is 0 Å². The number of amides is 1. The lowest BCUT2D eigenvalue weighted by Gasteiger charge is -2.35. The van der Waals surface area contributed by atoms with Gasteiger partial charge in [0, 0.05) is 28.7 Å². The van der Waals surface area contributed by atoms with Gasteiger partial charge in [-0.3, -0.25) is 4.79 Å². The second-order valence-electron chi connectivity index (χ2n) is 4.94. The first-order chi connectivity index (χ1) is 8.99. The minimum absolute atomic E-state index is 0.0253. The lowest BCUT2D eigenvalue weighted by Crippen LogP contribution is -2.44. The van der Waals surface area contributed by atoms with Crippen molar-refractivity contribution in [3.05, 3.63) is 33.8 Å². The Hall–Kier alpha value is -0.440. The first-order valence-corrected chi connectivity index (χ1v) is 7.55. The molecule has 0 heterocycles. The summed E-state index contributed by atoms with van der Waals surface area (Å²) >= 11 is 18.2. The van der Waals surface area contributed by atoms with Crippen LogP contribution in [-0.4, -0.2) is 29.3 Å². The van der Waals surface area contributed by atoms with Crippen molar-refractivity contribution in [2.24, 2.45) is 0 Å². The molecule has 0 spiro atoms. The first kappa shape index (κ1) is 15.0. The third-order valence-electron chi connectivity index (χ3n) is 3.57. The average molecular weight is 321 g/mol. The Bertz CT molecular complexity index is 458. The highest BCUT2D eigenvalue weighted by molar-refractivity contribution is 6.35. The zero-order chi connectivity index (χ0) is 14.0. The SMILES string of the molecule is CN(C(=O)c1cc(Cl)cc(Cl)c1)C1CCCCC1Cl. The van der Waals surface area contributed by atoms with Crippen LogP contribution in [0.2, 0.25) is 10.0 Å². The molecule has 2 nitrogen and oxygen atoms in total. The van der Waals surface area contributed by atoms with Gasteiger partial charge >= 0.3 is 0 Å². The number of hydrogen-bond donors (Lipinski definition) is 0. The third-order valence-corrected chi connectivity index (χ3v) is 4.52. The molecule has 2 rings (SSSR count). The molecule has 1 aromatic rings. The second kappa shape index (κ2) is 6.34. The highest BCUT2D eigenvalue weighted by Crippen LogP contribution is 2.28. The summed E-state index contributed by atoms with van der Waals surface area (Å²) in [4.78, 5) is 14.2. The first-order valence-electron chi connectivity index (χ1n) is 6.36. The van der Waals surface area contributed by atoms with Crippen LogP contribution in [0.25, 0.3) is 0 Å². The predicted molar refractivity (Wildman–Crippen MR) is 80.5 cm³/mol. The van der Waals surface area contributed by atoms with Gasteiger partial charge in [-0.2, -0.15) is 0 Å². The molecule has 0 aliphatic heterocycles. The fourth-order valence-corrected chi connectivity index (χ4v) is 3.51. The molecule has 19 heavy (non-hydrogen) atoms. The Morgan fingerprint density at radius 3 is 2.32 bits per heavy atom. The number of hydrogen-bond acceptors (Lipinski definition) is 1. The van der Waals surface area contributed by atoms with Crippen molar-refractivity contribution < 1.29 is 4.79 Å². The van der Waals surface area contributed by atoms with Gasteiger partial charge < -0.3 is 4.90 Å². The molecule has 1 fully saturated rings. The molecule has 0 N–H and O–H groups in total. The number of carbonyl (C=O) groups excluding carboxylic acids is 1. The van der Waals surface area contributed by atoms with Crippen molar-refractivity contribution in [3.8, 4) is 0 Å². The number of benzene rings is 1. The van der Waals surface area contributed by atoms with Crippen LogP contribution in [0.15, 0.2) is 18.2 Å². The molecule has 5 heteroatoms. The predicted octanol–water partition coefficient (Wildman–Crippen LogP) is 4.62. The lowest BCUT2D eigenvalue weighted by molar-refractivity contribution is 0.0700. The molecule has 0 radical (unpaired) electrons. The summed E-state index contributed by atoms with van der Waals surface area (Å²) in [5, 5.41) is 0.961. The fourth-order valence-electron chi connectivity index (χ4n) is 2.53. The average Bonchev–Trinajstić information content (AvgIpc) is 2.36. The molecular weight excluding hydrogens is 305 g/mol. The molecule has 1 amide bonds. The van der Waals surface area contributed by atoms with Crippen LogP contribution in [0.5, 0.6) is 0 Å². The second-order valence-corrected chi connectivity index (χ2v) is 6.38. The van der Waals surface area contributed by atoms with Gasteiger partial charge in [-0.15, -0.1) is 11.6 Å². The summed E-state index contributed by atoms with van der Waals surface area (Å²) < 4.78 is 0. The monoisotopic (exact) mass is 319 g/mol. The summed E-state index contributed by atoms with van der Waals surface area (Å²) in [6.45, 7) is 0. The van der Waals surface area contributed by atoms with Crippen molar-refractivity contribution in [1.29, 1.82) is 0 Å². The molecule has 2 atom stereocenters. The molecule has 1 saturated carbocycles. The zero-order valence-electron chi connectivity index (χ0n) is 10.7. The summed E-state index contributed by atoms with van der Waals surface area (Å²) in [6, 6.07) is 4.97. The van der Waals surface area contributed by atoms with Crippen LogP contribution < -0.4 is 0 Å². The maximum Gasteiger partial charge on any atom is 0.253 e. The smallest absolute Gasteiger partial charge is 0.253 e. The molecular formula is C14H16Cl3NO. The van der Waals surface area contributed by atoms with Crippen LogP contribution >= 0.6 is 34.8 Å². The van der Waals surface area contributed by atoms with Crippen molar-refractivity contribution in [1.82, 2.24) is 4.90 Å². The molecule has 1 aliphatic rings. The summed E-state index contributed by atoms with van der Waals surface area (Å²) in [5.74, 6) is -0.0815. The maximum absolute atomic E-state index is 12.4. The van der Waals surface area contributed by atoms with Crippen LogP contribution in [-0.2, 0) is 0 Å². The summed E-state index contributed by atoms with van der Waals surface area (Å²) in [6.07, 6.45) is 4.16. The summed E-state index contributed by atoms with van der Waals surface area (Å²) in [7, 11) is 1.79. The van der Waals surface area contributed by atoms with E-state index in [-0.39, 0.29) is 17.3 Å². The van der Waals surface area contributed by atoms with Gasteiger partial charge in [0.1, 0.15) is 0 Å². The highest BCUT2D eigenvalue weighted by Gasteiger charge is 2.30. The van der Waals surface area contributed by atoms with Crippen molar-refractivity contribution in [3.63, 3.8) is 0 Å². The van der Waals surface area contributed by atoms with Gasteiger partial charge in [0.25, 0.3) is 5.91 Å². The van der Waals surface area contributed by atoms with E-state index in [0.29, 0.717) is 15.6 Å². The lowest BCUT2D eigenvalue weighted by atomic mass is 9.93. The summed E-state index contributed by atoms with van der Waals surface area (Å²) in [5.41, 5.74) is 0.509. The van der Waals surface area contributed by atoms with Crippen molar-refractivity contribution in [2.45, 2.75) is 37.1 Å². The van der Waals surface area contributed by atoms with Gasteiger partial charge in [0.2, 0.25) is 0 Å². The zero-order valence-corrected chi connectivity index (χ0v) is 13.0. The van der Waals surface area contributed by atoms with E-state index in [1.54, 1.807) is 30.1 Å². The van der Waals surface area contributed by atoms with E-state index in [9.17, 15) is 4.79 Å². The number of halogens is 3. The normalized spacial score (nSPS) is 23.2. The van der Waals surface area contributed by atoms with E-state index < -0.39 is 0 Å². The fraction of sp³-hybridized carbons (Fsp3) is 0.500. The molecule has 2 unspecified atom stereocenters. The topological polar surface area (TPSA) is 20.3 Å². The van der Waals surface area contributed by atoms with E-state index in [4.69, 9.17) is 34.8 Å². The van der Waals surface area contributed by atoms with Crippen LogP contribution in [0.1, 0.15) is 36.0 Å². The van der Waals surface area contributed by atoms with E-state index in [0.717, 1.165) is 25.7 Å².